The van der Waals surface area contributed by atoms with Crippen molar-refractivity contribution in [3.63, 3.8) is 0 Å². The number of hydrogen-bond donors (Lipinski definition) is 1. The molecule has 6 nitrogen and oxygen atoms in total. The molecule has 2 aromatic rings. The molecular weight excluding hydrogens is 270 g/mol. The van der Waals surface area contributed by atoms with Gasteiger partial charge in [0.1, 0.15) is 4.90 Å². The number of nitro groups is 1. The average Bonchev–Trinajstić information content (AvgIpc) is 2.73. The van der Waals surface area contributed by atoms with E-state index in [1.807, 2.05) is 0 Å². The molecule has 1 aliphatic rings. The SMILES string of the molecule is O=[N+]([O-])c1ccc2c3c(ccc(S(=O)(=O)O)c13)CC2. The summed E-state index contributed by atoms with van der Waals surface area (Å²) in [5.74, 6) is 0. The number of nitrogens with zero attached hydrogens (tertiary/aromatic N) is 1. The van der Waals surface area contributed by atoms with E-state index in [0.29, 0.717) is 5.39 Å². The Morgan fingerprint density at radius 2 is 1.63 bits per heavy atom. The largest absolute Gasteiger partial charge is 0.295 e. The van der Waals surface area contributed by atoms with Crippen molar-refractivity contribution in [2.24, 2.45) is 0 Å². The summed E-state index contributed by atoms with van der Waals surface area (Å²) in [5, 5.41) is 11.7. The van der Waals surface area contributed by atoms with Crippen molar-refractivity contribution in [2.45, 2.75) is 17.7 Å². The number of rotatable bonds is 2. The van der Waals surface area contributed by atoms with E-state index in [1.54, 1.807) is 12.1 Å². The maximum atomic E-state index is 11.4. The van der Waals surface area contributed by atoms with Crippen molar-refractivity contribution < 1.29 is 17.9 Å². The highest BCUT2D eigenvalue weighted by Crippen LogP contribution is 2.39. The number of non-ortho nitro benzene ring substituents is 1. The number of aryl methyl sites for hydroxylation is 2. The van der Waals surface area contributed by atoms with Gasteiger partial charge in [-0.3, -0.25) is 14.7 Å². The Morgan fingerprint density at radius 3 is 2.16 bits per heavy atom. The fraction of sp³-hybridized carbons (Fsp3) is 0.167. The lowest BCUT2D eigenvalue weighted by Crippen LogP contribution is -2.02. The van der Waals surface area contributed by atoms with Crippen molar-refractivity contribution in [3.05, 3.63) is 45.5 Å². The van der Waals surface area contributed by atoms with E-state index < -0.39 is 19.9 Å². The van der Waals surface area contributed by atoms with E-state index >= 15 is 0 Å². The fourth-order valence-electron chi connectivity index (χ4n) is 2.65. The van der Waals surface area contributed by atoms with Gasteiger partial charge in [0.2, 0.25) is 0 Å². The Labute approximate surface area is 108 Å². The second-order valence-corrected chi connectivity index (χ2v) is 5.84. The normalized spacial score (nSPS) is 13.9. The van der Waals surface area contributed by atoms with Crippen molar-refractivity contribution in [3.8, 4) is 0 Å². The van der Waals surface area contributed by atoms with Crippen molar-refractivity contribution in [1.29, 1.82) is 0 Å². The standard InChI is InChI=1S/C12H9NO5S/c14-13(15)9-5-3-7-1-2-8-4-6-10(19(16,17)18)12(9)11(7)8/h3-6H,1-2H2,(H,16,17,18). The Morgan fingerprint density at radius 1 is 1.05 bits per heavy atom. The molecule has 0 heterocycles. The Hall–Kier alpha value is -1.99. The van der Waals surface area contributed by atoms with E-state index in [0.717, 1.165) is 24.0 Å². The highest BCUT2D eigenvalue weighted by Gasteiger charge is 2.27. The van der Waals surface area contributed by atoms with E-state index in [4.69, 9.17) is 0 Å². The van der Waals surface area contributed by atoms with Crippen LogP contribution in [0.3, 0.4) is 0 Å². The van der Waals surface area contributed by atoms with Gasteiger partial charge in [-0.2, -0.15) is 8.42 Å². The first kappa shape index (κ1) is 12.1. The topological polar surface area (TPSA) is 97.5 Å². The number of benzene rings is 2. The molecule has 0 saturated heterocycles. The summed E-state index contributed by atoms with van der Waals surface area (Å²) in [7, 11) is -4.50. The first-order valence-corrected chi connectivity index (χ1v) is 7.03. The van der Waals surface area contributed by atoms with Gasteiger partial charge in [-0.25, -0.2) is 0 Å². The molecule has 0 fully saturated rings. The molecule has 0 unspecified atom stereocenters. The van der Waals surface area contributed by atoms with Crippen LogP contribution >= 0.6 is 0 Å². The van der Waals surface area contributed by atoms with Crippen LogP contribution in [0.2, 0.25) is 0 Å². The highest BCUT2D eigenvalue weighted by molar-refractivity contribution is 7.86. The van der Waals surface area contributed by atoms with E-state index in [1.165, 1.54) is 12.1 Å². The van der Waals surface area contributed by atoms with Crippen LogP contribution in [-0.2, 0) is 23.0 Å². The van der Waals surface area contributed by atoms with Crippen LogP contribution < -0.4 is 0 Å². The van der Waals surface area contributed by atoms with Gasteiger partial charge in [-0.15, -0.1) is 0 Å². The molecule has 1 N–H and O–H groups in total. The lowest BCUT2D eigenvalue weighted by molar-refractivity contribution is -0.383. The molecule has 0 saturated carbocycles. The molecular formula is C12H9NO5S. The van der Waals surface area contributed by atoms with Gasteiger partial charge in [0.05, 0.1) is 10.3 Å². The second-order valence-electron chi connectivity index (χ2n) is 4.45. The van der Waals surface area contributed by atoms with Gasteiger partial charge in [0.15, 0.2) is 0 Å². The van der Waals surface area contributed by atoms with Gasteiger partial charge in [0, 0.05) is 6.07 Å². The molecule has 0 radical (unpaired) electrons. The van der Waals surface area contributed by atoms with Crippen LogP contribution in [0.5, 0.6) is 0 Å². The van der Waals surface area contributed by atoms with E-state index in [2.05, 4.69) is 0 Å². The lowest BCUT2D eigenvalue weighted by Gasteiger charge is -2.07. The molecule has 7 heteroatoms. The van der Waals surface area contributed by atoms with Gasteiger partial charge >= 0.3 is 0 Å². The zero-order chi connectivity index (χ0) is 13.8. The highest BCUT2D eigenvalue weighted by atomic mass is 32.2. The third-order valence-corrected chi connectivity index (χ3v) is 4.31. The Balaban J connectivity index is 2.58. The molecule has 0 bridgehead atoms. The molecule has 2 aromatic carbocycles. The van der Waals surface area contributed by atoms with Gasteiger partial charge in [-0.05, 0) is 35.4 Å². The smallest absolute Gasteiger partial charge is 0.282 e. The van der Waals surface area contributed by atoms with E-state index in [-0.39, 0.29) is 11.1 Å². The van der Waals surface area contributed by atoms with Gasteiger partial charge in [0.25, 0.3) is 15.8 Å². The first-order chi connectivity index (χ1) is 8.89. The van der Waals surface area contributed by atoms with Crippen LogP contribution in [0.15, 0.2) is 29.2 Å². The Bertz CT molecular complexity index is 815. The van der Waals surface area contributed by atoms with Gasteiger partial charge in [-0.1, -0.05) is 12.1 Å². The fourth-order valence-corrected chi connectivity index (χ4v) is 3.35. The van der Waals surface area contributed by atoms with Crippen LogP contribution in [0.1, 0.15) is 11.1 Å². The van der Waals surface area contributed by atoms with Crippen LogP contribution in [0.25, 0.3) is 10.8 Å². The van der Waals surface area contributed by atoms with Crippen LogP contribution in [0.4, 0.5) is 5.69 Å². The molecule has 0 amide bonds. The monoisotopic (exact) mass is 279 g/mol. The zero-order valence-electron chi connectivity index (χ0n) is 9.66. The van der Waals surface area contributed by atoms with Gasteiger partial charge < -0.3 is 0 Å². The third kappa shape index (κ3) is 1.70. The number of hydrogen-bond acceptors (Lipinski definition) is 4. The lowest BCUT2D eigenvalue weighted by atomic mass is 10.0. The van der Waals surface area contributed by atoms with Crippen molar-refractivity contribution in [2.75, 3.05) is 0 Å². The van der Waals surface area contributed by atoms with Crippen LogP contribution in [0, 0.1) is 10.1 Å². The maximum Gasteiger partial charge on any atom is 0.295 e. The summed E-state index contributed by atoms with van der Waals surface area (Å²) in [6.07, 6.45) is 1.44. The molecule has 0 aliphatic heterocycles. The molecule has 19 heavy (non-hydrogen) atoms. The predicted molar refractivity (Wildman–Crippen MR) is 67.8 cm³/mol. The Kier molecular flexibility index (Phi) is 2.38. The van der Waals surface area contributed by atoms with Crippen LogP contribution in [-0.4, -0.2) is 17.9 Å². The summed E-state index contributed by atoms with van der Waals surface area (Å²) in [4.78, 5) is 10.0. The molecule has 0 aromatic heterocycles. The summed E-state index contributed by atoms with van der Waals surface area (Å²) in [5.41, 5.74) is 1.46. The second kappa shape index (κ2) is 3.75. The minimum Gasteiger partial charge on any atom is -0.282 e. The quantitative estimate of drug-likeness (QED) is 0.515. The summed E-state index contributed by atoms with van der Waals surface area (Å²) >= 11 is 0. The molecule has 0 spiro atoms. The molecule has 3 rings (SSSR count). The zero-order valence-corrected chi connectivity index (χ0v) is 10.5. The summed E-state index contributed by atoms with van der Waals surface area (Å²) < 4.78 is 32.0. The molecule has 1 aliphatic carbocycles. The van der Waals surface area contributed by atoms with Crippen molar-refractivity contribution in [1.82, 2.24) is 0 Å². The minimum absolute atomic E-state index is 0.0139. The third-order valence-electron chi connectivity index (χ3n) is 3.41. The average molecular weight is 279 g/mol. The van der Waals surface area contributed by atoms with Crippen molar-refractivity contribution >= 4 is 26.6 Å². The molecule has 0 atom stereocenters. The summed E-state index contributed by atoms with van der Waals surface area (Å²) in [6, 6.07) is 5.77. The molecule has 98 valence electrons. The summed E-state index contributed by atoms with van der Waals surface area (Å²) in [6.45, 7) is 0. The predicted octanol–water partition coefficient (Wildman–Crippen LogP) is 2.09. The minimum atomic E-state index is -4.50. The maximum absolute atomic E-state index is 11.4. The first-order valence-electron chi connectivity index (χ1n) is 5.59. The van der Waals surface area contributed by atoms with E-state index in [9.17, 15) is 23.1 Å². The number of nitro benzene ring substituents is 1.